The Hall–Kier alpha value is -3.94. The summed E-state index contributed by atoms with van der Waals surface area (Å²) in [5, 5.41) is 5.77. The van der Waals surface area contributed by atoms with Gasteiger partial charge in [-0.25, -0.2) is 9.97 Å². The molecule has 0 atom stereocenters. The van der Waals surface area contributed by atoms with Gasteiger partial charge in [0.25, 0.3) is 5.91 Å². The third kappa shape index (κ3) is 4.86. The number of hydrogen-bond donors (Lipinski definition) is 2. The van der Waals surface area contributed by atoms with Gasteiger partial charge in [0.15, 0.2) is 5.78 Å². The molecule has 2 N–H and O–H groups in total. The lowest BCUT2D eigenvalue weighted by Crippen LogP contribution is -2.13. The lowest BCUT2D eigenvalue weighted by Gasteiger charge is -2.11. The number of nitrogens with zero attached hydrogens (tertiary/aromatic N) is 2. The van der Waals surface area contributed by atoms with Gasteiger partial charge >= 0.3 is 0 Å². The number of carbonyl (C=O) groups is 2. The van der Waals surface area contributed by atoms with Crippen LogP contribution in [-0.4, -0.2) is 35.9 Å². The fourth-order valence-electron chi connectivity index (χ4n) is 2.55. The van der Waals surface area contributed by atoms with E-state index >= 15 is 0 Å². The van der Waals surface area contributed by atoms with Crippen LogP contribution in [0.3, 0.4) is 0 Å². The molecule has 0 aliphatic heterocycles. The number of hydrogen-bond acceptors (Lipinski definition) is 7. The van der Waals surface area contributed by atoms with Crippen molar-refractivity contribution in [3.05, 3.63) is 66.0 Å². The van der Waals surface area contributed by atoms with E-state index in [2.05, 4.69) is 20.6 Å². The number of ether oxygens (including phenoxy) is 2. The molecule has 0 saturated heterocycles. The van der Waals surface area contributed by atoms with Crippen molar-refractivity contribution in [2.45, 2.75) is 6.92 Å². The van der Waals surface area contributed by atoms with Crippen LogP contribution in [0.4, 0.5) is 17.3 Å². The average molecular weight is 392 g/mol. The molecule has 0 spiro atoms. The SMILES string of the molecule is COc1ccc(NC(=O)c2cnc(Nc3cccc(C(C)=O)c3)nc2)c(OC)c1. The molecule has 0 aliphatic rings. The summed E-state index contributed by atoms with van der Waals surface area (Å²) in [5.74, 6) is 0.994. The second-order valence-electron chi connectivity index (χ2n) is 6.08. The molecule has 8 heteroatoms. The molecule has 1 heterocycles. The predicted octanol–water partition coefficient (Wildman–Crippen LogP) is 3.69. The summed E-state index contributed by atoms with van der Waals surface area (Å²) < 4.78 is 10.4. The van der Waals surface area contributed by atoms with Gasteiger partial charge in [-0.05, 0) is 31.2 Å². The van der Waals surface area contributed by atoms with E-state index in [0.29, 0.717) is 34.4 Å². The second-order valence-corrected chi connectivity index (χ2v) is 6.08. The maximum Gasteiger partial charge on any atom is 0.258 e. The minimum Gasteiger partial charge on any atom is -0.497 e. The van der Waals surface area contributed by atoms with Gasteiger partial charge in [-0.3, -0.25) is 9.59 Å². The first-order valence-electron chi connectivity index (χ1n) is 8.73. The van der Waals surface area contributed by atoms with Gasteiger partial charge in [0.05, 0.1) is 25.5 Å². The molecule has 0 radical (unpaired) electrons. The number of rotatable bonds is 7. The van der Waals surface area contributed by atoms with E-state index < -0.39 is 0 Å². The lowest BCUT2D eigenvalue weighted by molar-refractivity contribution is 0.101. The minimum atomic E-state index is -0.376. The Balaban J connectivity index is 1.71. The summed E-state index contributed by atoms with van der Waals surface area (Å²) in [4.78, 5) is 32.3. The van der Waals surface area contributed by atoms with Gasteiger partial charge in [-0.1, -0.05) is 12.1 Å². The first kappa shape index (κ1) is 19.8. The van der Waals surface area contributed by atoms with Gasteiger partial charge in [0.2, 0.25) is 5.95 Å². The van der Waals surface area contributed by atoms with Crippen LogP contribution in [0, 0.1) is 0 Å². The smallest absolute Gasteiger partial charge is 0.258 e. The first-order valence-corrected chi connectivity index (χ1v) is 8.73. The molecular weight excluding hydrogens is 372 g/mol. The quantitative estimate of drug-likeness (QED) is 0.591. The topological polar surface area (TPSA) is 102 Å². The van der Waals surface area contributed by atoms with Crippen LogP contribution in [0.5, 0.6) is 11.5 Å². The van der Waals surface area contributed by atoms with Crippen LogP contribution in [0.1, 0.15) is 27.6 Å². The Labute approximate surface area is 167 Å². The Kier molecular flexibility index (Phi) is 6.03. The predicted molar refractivity (Wildman–Crippen MR) is 109 cm³/mol. The van der Waals surface area contributed by atoms with Crippen molar-refractivity contribution in [3.8, 4) is 11.5 Å². The molecule has 3 rings (SSSR count). The Morgan fingerprint density at radius 3 is 2.34 bits per heavy atom. The van der Waals surface area contributed by atoms with E-state index in [1.807, 2.05) is 0 Å². The van der Waals surface area contributed by atoms with E-state index in [4.69, 9.17) is 9.47 Å². The molecule has 0 aliphatic carbocycles. The number of aromatic nitrogens is 2. The highest BCUT2D eigenvalue weighted by Crippen LogP contribution is 2.29. The summed E-state index contributed by atoms with van der Waals surface area (Å²) >= 11 is 0. The van der Waals surface area contributed by atoms with Crippen molar-refractivity contribution in [1.29, 1.82) is 0 Å². The summed E-state index contributed by atoms with van der Waals surface area (Å²) in [6, 6.07) is 12.1. The van der Waals surface area contributed by atoms with Gasteiger partial charge in [0.1, 0.15) is 11.5 Å². The highest BCUT2D eigenvalue weighted by atomic mass is 16.5. The summed E-state index contributed by atoms with van der Waals surface area (Å²) in [6.07, 6.45) is 2.82. The normalized spacial score (nSPS) is 10.2. The number of nitrogens with one attached hydrogen (secondary N) is 2. The average Bonchev–Trinajstić information content (AvgIpc) is 2.74. The Bertz CT molecular complexity index is 1040. The number of methoxy groups -OCH3 is 2. The van der Waals surface area contributed by atoms with Crippen LogP contribution in [-0.2, 0) is 0 Å². The fraction of sp³-hybridized carbons (Fsp3) is 0.143. The maximum atomic E-state index is 12.5. The van der Waals surface area contributed by atoms with Crippen molar-refractivity contribution in [2.75, 3.05) is 24.9 Å². The van der Waals surface area contributed by atoms with Crippen LogP contribution in [0.2, 0.25) is 0 Å². The third-order valence-electron chi connectivity index (χ3n) is 4.10. The highest BCUT2D eigenvalue weighted by molar-refractivity contribution is 6.04. The van der Waals surface area contributed by atoms with Gasteiger partial charge < -0.3 is 20.1 Å². The zero-order valence-electron chi connectivity index (χ0n) is 16.2. The number of anilines is 3. The van der Waals surface area contributed by atoms with Gasteiger partial charge in [-0.15, -0.1) is 0 Å². The van der Waals surface area contributed by atoms with E-state index in [1.54, 1.807) is 49.6 Å². The van der Waals surface area contributed by atoms with Crippen LogP contribution in [0.15, 0.2) is 54.9 Å². The van der Waals surface area contributed by atoms with E-state index in [0.717, 1.165) is 0 Å². The lowest BCUT2D eigenvalue weighted by atomic mass is 10.1. The van der Waals surface area contributed by atoms with Crippen molar-refractivity contribution in [2.24, 2.45) is 0 Å². The zero-order valence-corrected chi connectivity index (χ0v) is 16.2. The first-order chi connectivity index (χ1) is 14.0. The standard InChI is InChI=1S/C21H20N4O4/c1-13(26)14-5-4-6-16(9-14)24-21-22-11-15(12-23-21)20(27)25-18-8-7-17(28-2)10-19(18)29-3/h4-12H,1-3H3,(H,25,27)(H,22,23,24). The molecule has 8 nitrogen and oxygen atoms in total. The molecule has 0 fully saturated rings. The van der Waals surface area contributed by atoms with Gasteiger partial charge in [0, 0.05) is 29.7 Å². The molecule has 1 aromatic heterocycles. The van der Waals surface area contributed by atoms with Crippen molar-refractivity contribution in [3.63, 3.8) is 0 Å². The summed E-state index contributed by atoms with van der Waals surface area (Å²) in [5.41, 5.74) is 2.05. The molecule has 2 aromatic carbocycles. The molecule has 0 bridgehead atoms. The zero-order chi connectivity index (χ0) is 20.8. The van der Waals surface area contributed by atoms with Crippen LogP contribution in [0.25, 0.3) is 0 Å². The number of benzene rings is 2. The van der Waals surface area contributed by atoms with E-state index in [1.165, 1.54) is 26.4 Å². The van der Waals surface area contributed by atoms with Crippen LogP contribution >= 0.6 is 0 Å². The number of Topliss-reactive ketones (excluding diaryl/α,β-unsaturated/α-hetero) is 1. The van der Waals surface area contributed by atoms with E-state index in [-0.39, 0.29) is 17.3 Å². The van der Waals surface area contributed by atoms with E-state index in [9.17, 15) is 9.59 Å². The van der Waals surface area contributed by atoms with Crippen molar-refractivity contribution >= 4 is 29.0 Å². The molecular formula is C21H20N4O4. The third-order valence-corrected chi connectivity index (χ3v) is 4.10. The largest absolute Gasteiger partial charge is 0.497 e. The number of carbonyl (C=O) groups excluding carboxylic acids is 2. The van der Waals surface area contributed by atoms with Gasteiger partial charge in [-0.2, -0.15) is 0 Å². The molecule has 148 valence electrons. The number of amides is 1. The molecule has 0 saturated carbocycles. The monoisotopic (exact) mass is 392 g/mol. The molecule has 1 amide bonds. The second kappa shape index (κ2) is 8.83. The van der Waals surface area contributed by atoms with Crippen LogP contribution < -0.4 is 20.1 Å². The fourth-order valence-corrected chi connectivity index (χ4v) is 2.55. The Morgan fingerprint density at radius 1 is 0.931 bits per heavy atom. The minimum absolute atomic E-state index is 0.0319. The van der Waals surface area contributed by atoms with Crippen molar-refractivity contribution < 1.29 is 19.1 Å². The highest BCUT2D eigenvalue weighted by Gasteiger charge is 2.12. The molecule has 0 unspecified atom stereocenters. The summed E-state index contributed by atoms with van der Waals surface area (Å²) in [7, 11) is 3.06. The number of ketones is 1. The molecule has 29 heavy (non-hydrogen) atoms. The maximum absolute atomic E-state index is 12.5. The molecule has 3 aromatic rings. The Morgan fingerprint density at radius 2 is 1.69 bits per heavy atom. The van der Waals surface area contributed by atoms with Crippen molar-refractivity contribution in [1.82, 2.24) is 9.97 Å². The summed E-state index contributed by atoms with van der Waals surface area (Å²) in [6.45, 7) is 1.50.